The van der Waals surface area contributed by atoms with Crippen LogP contribution in [0.3, 0.4) is 0 Å². The Morgan fingerprint density at radius 2 is 2.22 bits per heavy atom. The van der Waals surface area contributed by atoms with Crippen molar-refractivity contribution in [2.24, 2.45) is 5.73 Å². The number of ether oxygens (including phenoxy) is 1. The maximum Gasteiger partial charge on any atom is 0.0629 e. The van der Waals surface area contributed by atoms with Gasteiger partial charge in [0.15, 0.2) is 0 Å². The molecule has 0 saturated carbocycles. The molecule has 102 valence electrons. The Morgan fingerprint density at radius 3 is 2.78 bits per heavy atom. The first-order valence-corrected chi connectivity index (χ1v) is 6.06. The van der Waals surface area contributed by atoms with Gasteiger partial charge in [-0.1, -0.05) is 6.07 Å². The lowest BCUT2D eigenvalue weighted by atomic mass is 10.1. The summed E-state index contributed by atoms with van der Waals surface area (Å²) in [6, 6.07) is 5.57. The van der Waals surface area contributed by atoms with E-state index in [1.807, 2.05) is 37.1 Å². The molecule has 18 heavy (non-hydrogen) atoms. The molecule has 3 N–H and O–H groups in total. The van der Waals surface area contributed by atoms with Gasteiger partial charge in [0.05, 0.1) is 24.9 Å². The summed E-state index contributed by atoms with van der Waals surface area (Å²) in [6.07, 6.45) is 0. The molecule has 0 saturated heterocycles. The predicted molar refractivity (Wildman–Crippen MR) is 71.2 cm³/mol. The Bertz CT molecular complexity index is 360. The quantitative estimate of drug-likeness (QED) is 0.724. The zero-order valence-corrected chi connectivity index (χ0v) is 11.3. The third-order valence-electron chi connectivity index (χ3n) is 2.96. The fourth-order valence-electron chi connectivity index (χ4n) is 1.97. The molecule has 1 heterocycles. The van der Waals surface area contributed by atoms with E-state index in [-0.39, 0.29) is 18.7 Å². The van der Waals surface area contributed by atoms with E-state index in [4.69, 9.17) is 10.5 Å². The van der Waals surface area contributed by atoms with Crippen LogP contribution in [-0.2, 0) is 11.3 Å². The molecule has 2 unspecified atom stereocenters. The Kier molecular flexibility index (Phi) is 6.21. The molecule has 0 spiro atoms. The molecule has 1 aromatic rings. The molecule has 0 aliphatic heterocycles. The lowest BCUT2D eigenvalue weighted by molar-refractivity contribution is 0.0810. The Morgan fingerprint density at radius 1 is 1.50 bits per heavy atom. The van der Waals surface area contributed by atoms with Crippen molar-refractivity contribution in [3.05, 3.63) is 29.6 Å². The number of rotatable bonds is 7. The van der Waals surface area contributed by atoms with Crippen LogP contribution in [0.2, 0.25) is 0 Å². The summed E-state index contributed by atoms with van der Waals surface area (Å²) < 4.78 is 5.03. The average molecular weight is 253 g/mol. The first-order valence-electron chi connectivity index (χ1n) is 6.06. The van der Waals surface area contributed by atoms with E-state index in [2.05, 4.69) is 4.98 Å². The molecule has 0 radical (unpaired) electrons. The number of nitrogens with zero attached hydrogens (tertiary/aromatic N) is 2. The highest BCUT2D eigenvalue weighted by molar-refractivity contribution is 5.10. The average Bonchev–Trinajstić information content (AvgIpc) is 2.30. The first-order chi connectivity index (χ1) is 8.58. The van der Waals surface area contributed by atoms with Crippen LogP contribution in [0.4, 0.5) is 0 Å². The van der Waals surface area contributed by atoms with Crippen LogP contribution < -0.4 is 5.73 Å². The third kappa shape index (κ3) is 4.34. The van der Waals surface area contributed by atoms with Crippen LogP contribution in [0.1, 0.15) is 11.4 Å². The zero-order valence-electron chi connectivity index (χ0n) is 11.3. The summed E-state index contributed by atoms with van der Waals surface area (Å²) in [5.41, 5.74) is 7.94. The Balaban J connectivity index is 2.64. The van der Waals surface area contributed by atoms with Crippen LogP contribution >= 0.6 is 0 Å². The van der Waals surface area contributed by atoms with Gasteiger partial charge < -0.3 is 15.6 Å². The van der Waals surface area contributed by atoms with Crippen LogP contribution in [0.15, 0.2) is 18.2 Å². The third-order valence-corrected chi connectivity index (χ3v) is 2.96. The van der Waals surface area contributed by atoms with Crippen molar-refractivity contribution in [2.75, 3.05) is 27.4 Å². The largest absolute Gasteiger partial charge is 0.395 e. The van der Waals surface area contributed by atoms with E-state index in [1.165, 1.54) is 0 Å². The minimum atomic E-state index is -0.213. The highest BCUT2D eigenvalue weighted by Gasteiger charge is 2.21. The first kappa shape index (κ1) is 15.0. The molecule has 5 heteroatoms. The molecule has 0 aromatic carbocycles. The molecule has 0 fully saturated rings. The van der Waals surface area contributed by atoms with Crippen molar-refractivity contribution in [2.45, 2.75) is 25.6 Å². The molecular weight excluding hydrogens is 230 g/mol. The van der Waals surface area contributed by atoms with Gasteiger partial charge in [0.2, 0.25) is 0 Å². The summed E-state index contributed by atoms with van der Waals surface area (Å²) in [6.45, 7) is 3.05. The number of aliphatic hydroxyl groups is 1. The second-order valence-corrected chi connectivity index (χ2v) is 4.55. The van der Waals surface area contributed by atoms with Crippen LogP contribution in [0.5, 0.6) is 0 Å². The number of aliphatic hydroxyl groups excluding tert-OH is 1. The number of hydrogen-bond acceptors (Lipinski definition) is 5. The second-order valence-electron chi connectivity index (χ2n) is 4.55. The van der Waals surface area contributed by atoms with Gasteiger partial charge >= 0.3 is 0 Å². The molecule has 0 aliphatic rings. The van der Waals surface area contributed by atoms with Gasteiger partial charge in [-0.05, 0) is 26.1 Å². The normalized spacial score (nSPS) is 14.8. The topological polar surface area (TPSA) is 71.6 Å². The molecule has 0 bridgehead atoms. The molecular formula is C13H23N3O2. The summed E-state index contributed by atoms with van der Waals surface area (Å²) in [5, 5.41) is 9.43. The Labute approximate surface area is 109 Å². The summed E-state index contributed by atoms with van der Waals surface area (Å²) in [5.74, 6) is 0. The van der Waals surface area contributed by atoms with Gasteiger partial charge in [-0.15, -0.1) is 0 Å². The van der Waals surface area contributed by atoms with Crippen molar-refractivity contribution in [3.63, 3.8) is 0 Å². The molecule has 0 aliphatic carbocycles. The van der Waals surface area contributed by atoms with Gasteiger partial charge in [-0.3, -0.25) is 9.88 Å². The van der Waals surface area contributed by atoms with Crippen molar-refractivity contribution in [1.29, 1.82) is 0 Å². The van der Waals surface area contributed by atoms with E-state index >= 15 is 0 Å². The Hall–Kier alpha value is -1.01. The number of aryl methyl sites for hydroxylation is 1. The van der Waals surface area contributed by atoms with Gasteiger partial charge in [0.25, 0.3) is 0 Å². The number of pyridine rings is 1. The van der Waals surface area contributed by atoms with E-state index in [0.717, 1.165) is 11.4 Å². The summed E-state index contributed by atoms with van der Waals surface area (Å²) >= 11 is 0. The fraction of sp³-hybridized carbons (Fsp3) is 0.615. The number of hydrogen-bond donors (Lipinski definition) is 2. The lowest BCUT2D eigenvalue weighted by Gasteiger charge is -2.30. The van der Waals surface area contributed by atoms with Crippen molar-refractivity contribution >= 4 is 0 Å². The predicted octanol–water partition coefficient (Wildman–Crippen LogP) is 0.156. The highest BCUT2D eigenvalue weighted by Crippen LogP contribution is 2.07. The highest BCUT2D eigenvalue weighted by atomic mass is 16.5. The lowest BCUT2D eigenvalue weighted by Crippen LogP contribution is -2.50. The number of methoxy groups -OCH3 is 1. The van der Waals surface area contributed by atoms with Gasteiger partial charge in [0.1, 0.15) is 0 Å². The number of aromatic nitrogens is 1. The monoisotopic (exact) mass is 253 g/mol. The summed E-state index contributed by atoms with van der Waals surface area (Å²) in [4.78, 5) is 6.45. The van der Waals surface area contributed by atoms with Crippen LogP contribution in [0, 0.1) is 6.92 Å². The maximum absolute atomic E-state index is 9.43. The van der Waals surface area contributed by atoms with E-state index < -0.39 is 0 Å². The van der Waals surface area contributed by atoms with Crippen molar-refractivity contribution < 1.29 is 9.84 Å². The smallest absolute Gasteiger partial charge is 0.0629 e. The van der Waals surface area contributed by atoms with Crippen LogP contribution in [-0.4, -0.2) is 54.4 Å². The van der Waals surface area contributed by atoms with Crippen LogP contribution in [0.25, 0.3) is 0 Å². The molecule has 2 atom stereocenters. The fourth-order valence-corrected chi connectivity index (χ4v) is 1.97. The zero-order chi connectivity index (χ0) is 13.5. The molecule has 1 rings (SSSR count). The molecule has 0 amide bonds. The SMILES string of the molecule is COCC(N)C(CO)N(C)Cc1cccc(C)n1. The van der Waals surface area contributed by atoms with Gasteiger partial charge in [-0.2, -0.15) is 0 Å². The molecule has 1 aromatic heterocycles. The molecule has 5 nitrogen and oxygen atoms in total. The minimum absolute atomic E-state index is 0.00679. The van der Waals surface area contributed by atoms with Gasteiger partial charge in [0, 0.05) is 25.4 Å². The summed E-state index contributed by atoms with van der Waals surface area (Å²) in [7, 11) is 3.54. The number of likely N-dealkylation sites (N-methyl/N-ethyl adjacent to an activating group) is 1. The second kappa shape index (κ2) is 7.43. The maximum atomic E-state index is 9.43. The van der Waals surface area contributed by atoms with E-state index in [0.29, 0.717) is 13.2 Å². The van der Waals surface area contributed by atoms with E-state index in [1.54, 1.807) is 7.11 Å². The van der Waals surface area contributed by atoms with Crippen molar-refractivity contribution in [1.82, 2.24) is 9.88 Å². The van der Waals surface area contributed by atoms with Crippen molar-refractivity contribution in [3.8, 4) is 0 Å². The standard InChI is InChI=1S/C13H23N3O2/c1-10-5-4-6-11(15-10)7-16(2)13(8-17)12(14)9-18-3/h4-6,12-13,17H,7-9,14H2,1-3H3. The minimum Gasteiger partial charge on any atom is -0.395 e. The van der Waals surface area contributed by atoms with E-state index in [9.17, 15) is 5.11 Å². The van der Waals surface area contributed by atoms with Gasteiger partial charge in [-0.25, -0.2) is 0 Å². The number of nitrogens with two attached hydrogens (primary N) is 1.